The van der Waals surface area contributed by atoms with Crippen LogP contribution in [0.1, 0.15) is 35.2 Å². The highest BCUT2D eigenvalue weighted by Crippen LogP contribution is 2.36. The second kappa shape index (κ2) is 8.38. The van der Waals surface area contributed by atoms with Gasteiger partial charge < -0.3 is 15.5 Å². The summed E-state index contributed by atoms with van der Waals surface area (Å²) in [4.78, 5) is 6.93. The third-order valence-corrected chi connectivity index (χ3v) is 6.05. The van der Waals surface area contributed by atoms with E-state index in [9.17, 15) is 13.2 Å². The lowest BCUT2D eigenvalue weighted by Crippen LogP contribution is -2.43. The molecule has 2 heterocycles. The molecule has 4 nitrogen and oxygen atoms in total. The van der Waals surface area contributed by atoms with Crippen molar-refractivity contribution in [1.82, 2.24) is 10.3 Å². The fraction of sp³-hybridized carbons (Fsp3) is 0.375. The lowest BCUT2D eigenvalue weighted by Gasteiger charge is -2.30. The zero-order valence-corrected chi connectivity index (χ0v) is 18.0. The first-order valence-corrected chi connectivity index (χ1v) is 10.5. The Hall–Kier alpha value is -2.80. The molecular weight excluding hydrogens is 401 g/mol. The number of anilines is 2. The number of fused-ring (bicyclic) bond motifs is 1. The molecule has 1 saturated heterocycles. The molecule has 31 heavy (non-hydrogen) atoms. The number of hydrogen-bond acceptors (Lipinski definition) is 4. The van der Waals surface area contributed by atoms with Gasteiger partial charge in [0.2, 0.25) is 0 Å². The van der Waals surface area contributed by atoms with E-state index < -0.39 is 11.7 Å². The van der Waals surface area contributed by atoms with Gasteiger partial charge in [-0.1, -0.05) is 18.2 Å². The molecule has 164 valence electrons. The maximum Gasteiger partial charge on any atom is 0.416 e. The Morgan fingerprint density at radius 3 is 2.52 bits per heavy atom. The summed E-state index contributed by atoms with van der Waals surface area (Å²) in [7, 11) is 0. The Bertz CT molecular complexity index is 1090. The number of benzene rings is 2. The Labute approximate surface area is 180 Å². The minimum Gasteiger partial charge on any atom is -0.369 e. The van der Waals surface area contributed by atoms with E-state index in [-0.39, 0.29) is 11.6 Å². The smallest absolute Gasteiger partial charge is 0.369 e. The summed E-state index contributed by atoms with van der Waals surface area (Å²) >= 11 is 0. The average molecular weight is 429 g/mol. The van der Waals surface area contributed by atoms with Crippen molar-refractivity contribution in [3.8, 4) is 0 Å². The van der Waals surface area contributed by atoms with Crippen LogP contribution in [0.5, 0.6) is 0 Å². The van der Waals surface area contributed by atoms with Crippen LogP contribution in [0.25, 0.3) is 10.8 Å². The number of rotatable bonds is 4. The number of nitrogens with zero attached hydrogens (tertiary/aromatic N) is 2. The number of halogens is 3. The van der Waals surface area contributed by atoms with Gasteiger partial charge in [-0.2, -0.15) is 13.2 Å². The van der Waals surface area contributed by atoms with Gasteiger partial charge in [-0.15, -0.1) is 0 Å². The van der Waals surface area contributed by atoms with E-state index in [4.69, 9.17) is 0 Å². The van der Waals surface area contributed by atoms with Crippen molar-refractivity contribution in [2.45, 2.75) is 33.0 Å². The third kappa shape index (κ3) is 4.32. The molecule has 1 atom stereocenters. The van der Waals surface area contributed by atoms with Crippen LogP contribution in [0, 0.1) is 13.8 Å². The molecule has 1 aliphatic heterocycles. The van der Waals surface area contributed by atoms with Gasteiger partial charge in [0, 0.05) is 43.4 Å². The first kappa shape index (κ1) is 21.4. The molecule has 0 bridgehead atoms. The fourth-order valence-electron chi connectivity index (χ4n) is 4.32. The molecule has 3 aromatic rings. The number of nitrogens with one attached hydrogen (secondary N) is 2. The molecule has 1 fully saturated rings. The molecule has 7 heteroatoms. The predicted octanol–water partition coefficient (Wildman–Crippen LogP) is 5.45. The van der Waals surface area contributed by atoms with E-state index in [0.29, 0.717) is 11.4 Å². The minimum atomic E-state index is -4.37. The van der Waals surface area contributed by atoms with E-state index in [0.717, 1.165) is 54.3 Å². The van der Waals surface area contributed by atoms with E-state index in [1.54, 1.807) is 12.3 Å². The largest absolute Gasteiger partial charge is 0.416 e. The van der Waals surface area contributed by atoms with Gasteiger partial charge in [-0.05, 0) is 61.0 Å². The van der Waals surface area contributed by atoms with Crippen molar-refractivity contribution in [2.24, 2.45) is 0 Å². The van der Waals surface area contributed by atoms with Crippen LogP contribution in [0.15, 0.2) is 42.6 Å². The summed E-state index contributed by atoms with van der Waals surface area (Å²) in [6.45, 7) is 9.18. The Kier molecular flexibility index (Phi) is 5.79. The number of pyridine rings is 1. The molecule has 1 aliphatic rings. The van der Waals surface area contributed by atoms with Crippen molar-refractivity contribution < 1.29 is 13.2 Å². The molecule has 0 spiro atoms. The minimum absolute atomic E-state index is 0.243. The van der Waals surface area contributed by atoms with Crippen molar-refractivity contribution in [1.29, 1.82) is 0 Å². The van der Waals surface area contributed by atoms with Gasteiger partial charge >= 0.3 is 6.18 Å². The Morgan fingerprint density at radius 2 is 1.81 bits per heavy atom. The summed E-state index contributed by atoms with van der Waals surface area (Å²) in [6.07, 6.45) is -2.56. The molecule has 0 radical (unpaired) electrons. The van der Waals surface area contributed by atoms with Crippen molar-refractivity contribution >= 4 is 22.3 Å². The zero-order chi connectivity index (χ0) is 22.2. The average Bonchev–Trinajstić information content (AvgIpc) is 2.75. The van der Waals surface area contributed by atoms with Crippen LogP contribution >= 0.6 is 0 Å². The van der Waals surface area contributed by atoms with Crippen LogP contribution in [0.3, 0.4) is 0 Å². The lowest BCUT2D eigenvalue weighted by molar-refractivity contribution is -0.138. The first-order valence-electron chi connectivity index (χ1n) is 10.5. The van der Waals surface area contributed by atoms with Crippen molar-refractivity contribution in [3.63, 3.8) is 0 Å². The lowest BCUT2D eigenvalue weighted by atomic mass is 9.97. The maximum atomic E-state index is 13.4. The highest BCUT2D eigenvalue weighted by molar-refractivity contribution is 5.96. The SMILES string of the molecule is Cc1c([C@@H](C)Nc2ncc(C)c3ccc(N4CCNCC4)cc23)cccc1C(F)(F)F. The number of aromatic nitrogens is 1. The van der Waals surface area contributed by atoms with Gasteiger partial charge in [-0.3, -0.25) is 0 Å². The van der Waals surface area contributed by atoms with Crippen molar-refractivity contribution in [2.75, 3.05) is 36.4 Å². The molecule has 0 saturated carbocycles. The molecule has 0 unspecified atom stereocenters. The van der Waals surface area contributed by atoms with E-state index >= 15 is 0 Å². The fourth-order valence-corrected chi connectivity index (χ4v) is 4.32. The van der Waals surface area contributed by atoms with Gasteiger partial charge in [0.05, 0.1) is 11.6 Å². The summed E-state index contributed by atoms with van der Waals surface area (Å²) in [6, 6.07) is 10.4. The van der Waals surface area contributed by atoms with Crippen LogP contribution in [0.4, 0.5) is 24.7 Å². The Balaban J connectivity index is 1.70. The highest BCUT2D eigenvalue weighted by Gasteiger charge is 2.33. The van der Waals surface area contributed by atoms with Gasteiger partial charge in [0.25, 0.3) is 0 Å². The standard InChI is InChI=1S/C24H27F3N4/c1-15-14-29-23(21-13-18(7-8-19(15)21)31-11-9-28-10-12-31)30-17(3)20-5-4-6-22(16(20)2)24(25,26)27/h4-8,13-14,17,28H,9-12H2,1-3H3,(H,29,30)/t17-/m1/s1. The van der Waals surface area contributed by atoms with Gasteiger partial charge in [0.1, 0.15) is 5.82 Å². The zero-order valence-electron chi connectivity index (χ0n) is 18.0. The molecular formula is C24H27F3N4. The second-order valence-corrected chi connectivity index (χ2v) is 8.14. The van der Waals surface area contributed by atoms with E-state index in [2.05, 4.69) is 38.7 Å². The summed E-state index contributed by atoms with van der Waals surface area (Å²) in [5.41, 5.74) is 2.46. The van der Waals surface area contributed by atoms with Crippen LogP contribution in [-0.4, -0.2) is 31.2 Å². The van der Waals surface area contributed by atoms with E-state index in [1.165, 1.54) is 13.0 Å². The molecule has 4 rings (SSSR count). The Morgan fingerprint density at radius 1 is 1.06 bits per heavy atom. The summed E-state index contributed by atoms with van der Waals surface area (Å²) in [5.74, 6) is 0.682. The van der Waals surface area contributed by atoms with Crippen molar-refractivity contribution in [3.05, 3.63) is 64.8 Å². The molecule has 0 aliphatic carbocycles. The van der Waals surface area contributed by atoms with Crippen LogP contribution < -0.4 is 15.5 Å². The summed E-state index contributed by atoms with van der Waals surface area (Å²) < 4.78 is 40.1. The number of aryl methyl sites for hydroxylation is 1. The highest BCUT2D eigenvalue weighted by atomic mass is 19.4. The van der Waals surface area contributed by atoms with E-state index in [1.807, 2.05) is 13.8 Å². The molecule has 1 aromatic heterocycles. The van der Waals surface area contributed by atoms with Gasteiger partial charge in [0.15, 0.2) is 0 Å². The molecule has 2 N–H and O–H groups in total. The third-order valence-electron chi connectivity index (χ3n) is 6.05. The summed E-state index contributed by atoms with van der Waals surface area (Å²) in [5, 5.41) is 8.80. The number of piperazine rings is 1. The predicted molar refractivity (Wildman–Crippen MR) is 120 cm³/mol. The number of hydrogen-bond donors (Lipinski definition) is 2. The monoisotopic (exact) mass is 428 g/mol. The quantitative estimate of drug-likeness (QED) is 0.580. The van der Waals surface area contributed by atoms with Crippen LogP contribution in [0.2, 0.25) is 0 Å². The van der Waals surface area contributed by atoms with Gasteiger partial charge in [-0.25, -0.2) is 4.98 Å². The number of alkyl halides is 3. The maximum absolute atomic E-state index is 13.4. The first-order chi connectivity index (χ1) is 14.8. The topological polar surface area (TPSA) is 40.2 Å². The molecule has 2 aromatic carbocycles. The normalized spacial score (nSPS) is 15.9. The second-order valence-electron chi connectivity index (χ2n) is 8.14. The van der Waals surface area contributed by atoms with Crippen LogP contribution in [-0.2, 0) is 6.18 Å². The molecule has 0 amide bonds.